The van der Waals surface area contributed by atoms with E-state index in [0.717, 1.165) is 5.01 Å². The second-order valence-electron chi connectivity index (χ2n) is 14.1. The second-order valence-corrected chi connectivity index (χ2v) is 20.7. The number of hydrazine groups is 1. The van der Waals surface area contributed by atoms with E-state index in [4.69, 9.17) is 13.9 Å². The van der Waals surface area contributed by atoms with Crippen molar-refractivity contribution in [2.45, 2.75) is 103 Å². The molecular weight excluding hydrogens is 601 g/mol. The molecule has 0 unspecified atom stereocenters. The van der Waals surface area contributed by atoms with Crippen molar-refractivity contribution in [1.29, 1.82) is 0 Å². The topological polar surface area (TPSA) is 129 Å². The first-order chi connectivity index (χ1) is 20.0. The van der Waals surface area contributed by atoms with Gasteiger partial charge in [0.1, 0.15) is 11.2 Å². The summed E-state index contributed by atoms with van der Waals surface area (Å²) in [5, 5.41) is 0.834. The highest BCUT2D eigenvalue weighted by atomic mass is 32.2. The van der Waals surface area contributed by atoms with Crippen molar-refractivity contribution in [1.82, 2.24) is 14.4 Å². The van der Waals surface area contributed by atoms with Crippen LogP contribution in [0, 0.1) is 0 Å². The largest absolute Gasteiger partial charge is 0.443 e. The molecule has 0 spiro atoms. The third-order valence-corrected chi connectivity index (χ3v) is 13.3. The number of ether oxygens (including phenoxy) is 2. The quantitative estimate of drug-likeness (QED) is 0.214. The molecule has 1 N–H and O–H groups in total. The van der Waals surface area contributed by atoms with Gasteiger partial charge in [-0.2, -0.15) is 5.01 Å². The minimum absolute atomic E-state index is 0.0101. The van der Waals surface area contributed by atoms with Crippen molar-refractivity contribution in [2.75, 3.05) is 11.6 Å². The molecule has 0 aliphatic heterocycles. The van der Waals surface area contributed by atoms with E-state index < -0.39 is 41.7 Å². The minimum atomic E-state index is -4.02. The first-order valence-electron chi connectivity index (χ1n) is 14.5. The Kier molecular flexibility index (Phi) is 9.98. The number of aromatic nitrogens is 2. The summed E-state index contributed by atoms with van der Waals surface area (Å²) in [7, 11) is -6.12. The molecule has 44 heavy (non-hydrogen) atoms. The first kappa shape index (κ1) is 35.1. The van der Waals surface area contributed by atoms with Gasteiger partial charge in [-0.1, -0.05) is 39.0 Å². The van der Waals surface area contributed by atoms with Crippen molar-refractivity contribution >= 4 is 47.4 Å². The average molecular weight is 647 g/mol. The third-order valence-electron chi connectivity index (χ3n) is 6.99. The summed E-state index contributed by atoms with van der Waals surface area (Å²) in [6.45, 7) is 21.2. The molecule has 11 nitrogen and oxygen atoms in total. The molecule has 3 aromatic rings. The zero-order valence-electron chi connectivity index (χ0n) is 27.6. The van der Waals surface area contributed by atoms with Crippen LogP contribution < -0.4 is 10.4 Å². The van der Waals surface area contributed by atoms with Gasteiger partial charge in [-0.05, 0) is 90.0 Å². The number of fused-ring (bicyclic) bond motifs is 1. The summed E-state index contributed by atoms with van der Waals surface area (Å²) in [4.78, 5) is 30.6. The van der Waals surface area contributed by atoms with Crippen LogP contribution in [0.2, 0.25) is 18.1 Å². The molecule has 2 aromatic heterocycles. The molecule has 0 aliphatic carbocycles. The Labute approximate surface area is 262 Å². The number of benzene rings is 1. The van der Waals surface area contributed by atoms with Gasteiger partial charge >= 0.3 is 12.2 Å². The van der Waals surface area contributed by atoms with Gasteiger partial charge in [-0.3, -0.25) is 0 Å². The highest BCUT2D eigenvalue weighted by Crippen LogP contribution is 2.37. The summed E-state index contributed by atoms with van der Waals surface area (Å²) >= 11 is 0. The number of anilines is 1. The number of rotatable bonds is 7. The smallest absolute Gasteiger partial charge is 0.435 e. The van der Waals surface area contributed by atoms with E-state index in [1.165, 1.54) is 22.2 Å². The lowest BCUT2D eigenvalue weighted by Crippen LogP contribution is -2.50. The zero-order chi connectivity index (χ0) is 33.3. The van der Waals surface area contributed by atoms with Crippen LogP contribution in [0.3, 0.4) is 0 Å². The third kappa shape index (κ3) is 8.60. The molecule has 0 saturated carbocycles. The van der Waals surface area contributed by atoms with E-state index in [2.05, 4.69) is 44.3 Å². The predicted molar refractivity (Wildman–Crippen MR) is 174 cm³/mol. The molecule has 13 heteroatoms. The maximum atomic E-state index is 14.0. The standard InChI is InChI=1S/C31H46N4O7SSi/c1-29(2,3)41-27(36)33-34(28(37)42-30(4,5)6)26-18-17-25-24(32-26)21-22(19-20-40-44(10,11)31(7,8)9)35(25)43(38,39)23-15-13-12-14-16-23/h12-18,21H,19-20H2,1-11H3,(H,33,36). The Bertz CT molecular complexity index is 1600. The number of nitrogens with one attached hydrogen (secondary N) is 1. The lowest BCUT2D eigenvalue weighted by molar-refractivity contribution is 0.0424. The molecule has 2 heterocycles. The molecule has 0 bridgehead atoms. The van der Waals surface area contributed by atoms with E-state index in [1.54, 1.807) is 71.9 Å². The van der Waals surface area contributed by atoms with Crippen molar-refractivity contribution in [3.05, 3.63) is 54.2 Å². The molecule has 0 fully saturated rings. The van der Waals surface area contributed by atoms with Gasteiger partial charge in [0, 0.05) is 18.7 Å². The Morgan fingerprint density at radius 2 is 1.50 bits per heavy atom. The van der Waals surface area contributed by atoms with Crippen molar-refractivity contribution in [3.8, 4) is 0 Å². The summed E-state index contributed by atoms with van der Waals surface area (Å²) in [5.74, 6) is 0.0101. The summed E-state index contributed by atoms with van der Waals surface area (Å²) in [6.07, 6.45) is -1.48. The van der Waals surface area contributed by atoms with Gasteiger partial charge in [-0.25, -0.2) is 32.4 Å². The maximum Gasteiger partial charge on any atom is 0.435 e. The number of hydrogen-bond donors (Lipinski definition) is 1. The van der Waals surface area contributed by atoms with Crippen LogP contribution >= 0.6 is 0 Å². The van der Waals surface area contributed by atoms with Gasteiger partial charge in [0.2, 0.25) is 0 Å². The number of amides is 2. The molecule has 0 saturated heterocycles. The van der Waals surface area contributed by atoms with E-state index >= 15 is 0 Å². The molecule has 0 aliphatic rings. The van der Waals surface area contributed by atoms with Crippen molar-refractivity contribution in [2.24, 2.45) is 0 Å². The highest BCUT2D eigenvalue weighted by Gasteiger charge is 2.37. The predicted octanol–water partition coefficient (Wildman–Crippen LogP) is 7.02. The maximum absolute atomic E-state index is 14.0. The highest BCUT2D eigenvalue weighted by molar-refractivity contribution is 7.90. The minimum Gasteiger partial charge on any atom is -0.443 e. The summed E-state index contributed by atoms with van der Waals surface area (Å²) < 4.78 is 46.4. The van der Waals surface area contributed by atoms with Gasteiger partial charge in [-0.15, -0.1) is 0 Å². The normalized spacial score (nSPS) is 13.1. The number of hydrogen-bond acceptors (Lipinski definition) is 8. The number of carbonyl (C=O) groups is 2. The molecule has 2 amide bonds. The van der Waals surface area contributed by atoms with E-state index in [0.29, 0.717) is 29.8 Å². The molecular formula is C31H46N4O7SSi. The number of pyridine rings is 1. The van der Waals surface area contributed by atoms with Gasteiger partial charge in [0.25, 0.3) is 10.0 Å². The van der Waals surface area contributed by atoms with Crippen LogP contribution in [-0.4, -0.2) is 55.7 Å². The fraction of sp³-hybridized carbons (Fsp3) is 0.516. The lowest BCUT2D eigenvalue weighted by atomic mass is 10.2. The van der Waals surface area contributed by atoms with Crippen molar-refractivity contribution in [3.63, 3.8) is 0 Å². The van der Waals surface area contributed by atoms with E-state index in [1.807, 2.05) is 0 Å². The molecule has 0 radical (unpaired) electrons. The molecule has 1 aromatic carbocycles. The molecule has 242 valence electrons. The first-order valence-corrected chi connectivity index (χ1v) is 18.9. The SMILES string of the molecule is CC(C)(C)OC(=O)NN(C(=O)OC(C)(C)C)c1ccc2c(cc(CCO[Si](C)(C)C(C)(C)C)n2S(=O)(=O)c2ccccc2)n1. The van der Waals surface area contributed by atoms with E-state index in [-0.39, 0.29) is 15.8 Å². The van der Waals surface area contributed by atoms with Gasteiger partial charge in [0.15, 0.2) is 14.1 Å². The fourth-order valence-corrected chi connectivity index (χ4v) is 6.53. The average Bonchev–Trinajstić information content (AvgIpc) is 3.23. The Morgan fingerprint density at radius 3 is 2.05 bits per heavy atom. The van der Waals surface area contributed by atoms with Crippen LogP contribution in [0.25, 0.3) is 11.0 Å². The second kappa shape index (κ2) is 12.5. The Morgan fingerprint density at radius 1 is 0.909 bits per heavy atom. The number of nitrogens with zero attached hydrogens (tertiary/aromatic N) is 3. The monoisotopic (exact) mass is 646 g/mol. The van der Waals surface area contributed by atoms with Gasteiger partial charge in [0.05, 0.1) is 15.9 Å². The van der Waals surface area contributed by atoms with Crippen LogP contribution in [0.5, 0.6) is 0 Å². The van der Waals surface area contributed by atoms with Crippen LogP contribution in [-0.2, 0) is 30.3 Å². The number of carbonyl (C=O) groups excluding carboxylic acids is 2. The Hall–Kier alpha value is -3.42. The Balaban J connectivity index is 2.13. The van der Waals surface area contributed by atoms with Gasteiger partial charge < -0.3 is 13.9 Å². The lowest BCUT2D eigenvalue weighted by Gasteiger charge is -2.36. The van der Waals surface area contributed by atoms with Crippen LogP contribution in [0.15, 0.2) is 53.4 Å². The molecule has 0 atom stereocenters. The van der Waals surface area contributed by atoms with Crippen LogP contribution in [0.1, 0.15) is 68.0 Å². The van der Waals surface area contributed by atoms with E-state index in [9.17, 15) is 18.0 Å². The molecule has 3 rings (SSSR count). The zero-order valence-corrected chi connectivity index (χ0v) is 29.5. The van der Waals surface area contributed by atoms with Crippen LogP contribution in [0.4, 0.5) is 15.4 Å². The van der Waals surface area contributed by atoms with Crippen molar-refractivity contribution < 1.29 is 31.9 Å². The fourth-order valence-electron chi connectivity index (χ4n) is 3.91. The summed E-state index contributed by atoms with van der Waals surface area (Å²) in [6, 6.07) is 12.8. The summed E-state index contributed by atoms with van der Waals surface area (Å²) in [5.41, 5.74) is 1.78.